The molecule has 1 atom stereocenters. The van der Waals surface area contributed by atoms with E-state index < -0.39 is 0 Å². The lowest BCUT2D eigenvalue weighted by atomic mass is 10.1. The van der Waals surface area contributed by atoms with E-state index in [1.807, 2.05) is 0 Å². The molecule has 0 amide bonds. The third-order valence-corrected chi connectivity index (χ3v) is 2.39. The number of hydrogen-bond donors (Lipinski definition) is 1. The summed E-state index contributed by atoms with van der Waals surface area (Å²) in [5, 5.41) is 3.38. The molecule has 0 aromatic heterocycles. The summed E-state index contributed by atoms with van der Waals surface area (Å²) in [4.78, 5) is 2.47. The second-order valence-electron chi connectivity index (χ2n) is 3.73. The van der Waals surface area contributed by atoms with Crippen LogP contribution in [0, 0.1) is 11.8 Å². The van der Waals surface area contributed by atoms with Gasteiger partial charge in [-0.3, -0.25) is 4.90 Å². The topological polar surface area (TPSA) is 15.3 Å². The van der Waals surface area contributed by atoms with Gasteiger partial charge in [-0.1, -0.05) is 12.8 Å². The quantitative estimate of drug-likeness (QED) is 0.608. The standard InChI is InChI=1S/C11H20N2/c1-4-5-6-11-9-12-7-8-13(11)10(2)3/h10-12H,4,7-9H2,1-3H3. The molecule has 1 saturated heterocycles. The number of rotatable bonds is 1. The van der Waals surface area contributed by atoms with Gasteiger partial charge in [0.2, 0.25) is 0 Å². The lowest BCUT2D eigenvalue weighted by molar-refractivity contribution is 0.157. The van der Waals surface area contributed by atoms with Gasteiger partial charge in [0, 0.05) is 32.1 Å². The summed E-state index contributed by atoms with van der Waals surface area (Å²) >= 11 is 0. The normalized spacial score (nSPS) is 24.2. The van der Waals surface area contributed by atoms with Crippen LogP contribution in [0.1, 0.15) is 27.2 Å². The van der Waals surface area contributed by atoms with Crippen LogP contribution in [0.4, 0.5) is 0 Å². The van der Waals surface area contributed by atoms with E-state index in [1.165, 1.54) is 0 Å². The average molecular weight is 180 g/mol. The van der Waals surface area contributed by atoms with Crippen molar-refractivity contribution in [3.63, 3.8) is 0 Å². The molecule has 2 nitrogen and oxygen atoms in total. The molecule has 0 radical (unpaired) electrons. The maximum absolute atomic E-state index is 3.38. The van der Waals surface area contributed by atoms with Crippen LogP contribution in [-0.4, -0.2) is 36.6 Å². The number of nitrogens with zero attached hydrogens (tertiary/aromatic N) is 1. The molecule has 13 heavy (non-hydrogen) atoms. The lowest BCUT2D eigenvalue weighted by Gasteiger charge is -2.36. The average Bonchev–Trinajstić information content (AvgIpc) is 2.15. The molecule has 0 aliphatic carbocycles. The predicted molar refractivity (Wildman–Crippen MR) is 56.6 cm³/mol. The van der Waals surface area contributed by atoms with Crippen LogP contribution < -0.4 is 5.32 Å². The van der Waals surface area contributed by atoms with Crippen molar-refractivity contribution in [2.45, 2.75) is 39.3 Å². The van der Waals surface area contributed by atoms with Crippen molar-refractivity contribution in [1.29, 1.82) is 0 Å². The zero-order valence-electron chi connectivity index (χ0n) is 8.93. The van der Waals surface area contributed by atoms with Crippen molar-refractivity contribution in [1.82, 2.24) is 10.2 Å². The van der Waals surface area contributed by atoms with Gasteiger partial charge in [-0.15, -0.1) is 5.92 Å². The zero-order chi connectivity index (χ0) is 9.68. The van der Waals surface area contributed by atoms with Crippen molar-refractivity contribution in [2.75, 3.05) is 19.6 Å². The van der Waals surface area contributed by atoms with Crippen molar-refractivity contribution in [3.8, 4) is 11.8 Å². The second kappa shape index (κ2) is 5.26. The monoisotopic (exact) mass is 180 g/mol. The van der Waals surface area contributed by atoms with Crippen LogP contribution in [0.5, 0.6) is 0 Å². The fraction of sp³-hybridized carbons (Fsp3) is 0.818. The van der Waals surface area contributed by atoms with Crippen molar-refractivity contribution < 1.29 is 0 Å². The van der Waals surface area contributed by atoms with Gasteiger partial charge in [0.25, 0.3) is 0 Å². The number of piperazine rings is 1. The first-order valence-corrected chi connectivity index (χ1v) is 5.20. The molecule has 1 fully saturated rings. The third kappa shape index (κ3) is 3.02. The van der Waals surface area contributed by atoms with Gasteiger partial charge in [0.1, 0.15) is 0 Å². The summed E-state index contributed by atoms with van der Waals surface area (Å²) in [6.45, 7) is 9.83. The Morgan fingerprint density at radius 2 is 2.31 bits per heavy atom. The molecule has 0 bridgehead atoms. The van der Waals surface area contributed by atoms with Crippen LogP contribution in [0.25, 0.3) is 0 Å². The Labute approximate surface area is 81.7 Å². The molecule has 0 aromatic carbocycles. The predicted octanol–water partition coefficient (Wildman–Crippen LogP) is 1.08. The van der Waals surface area contributed by atoms with Gasteiger partial charge in [-0.25, -0.2) is 0 Å². The second-order valence-corrected chi connectivity index (χ2v) is 3.73. The summed E-state index contributed by atoms with van der Waals surface area (Å²) in [5.41, 5.74) is 0. The van der Waals surface area contributed by atoms with E-state index in [0.717, 1.165) is 26.1 Å². The first-order valence-electron chi connectivity index (χ1n) is 5.20. The van der Waals surface area contributed by atoms with E-state index in [2.05, 4.69) is 42.8 Å². The van der Waals surface area contributed by atoms with E-state index in [-0.39, 0.29) is 0 Å². The summed E-state index contributed by atoms with van der Waals surface area (Å²) < 4.78 is 0. The number of hydrogen-bond acceptors (Lipinski definition) is 2. The van der Waals surface area contributed by atoms with Crippen molar-refractivity contribution >= 4 is 0 Å². The molecule has 74 valence electrons. The summed E-state index contributed by atoms with van der Waals surface area (Å²) in [7, 11) is 0. The minimum absolute atomic E-state index is 0.425. The van der Waals surface area contributed by atoms with Crippen molar-refractivity contribution in [2.24, 2.45) is 0 Å². The summed E-state index contributed by atoms with van der Waals surface area (Å²) in [6, 6.07) is 1.03. The zero-order valence-corrected chi connectivity index (χ0v) is 8.93. The maximum atomic E-state index is 3.38. The minimum atomic E-state index is 0.425. The highest BCUT2D eigenvalue weighted by atomic mass is 15.2. The number of nitrogens with one attached hydrogen (secondary N) is 1. The van der Waals surface area contributed by atoms with Gasteiger partial charge in [0.15, 0.2) is 0 Å². The highest BCUT2D eigenvalue weighted by molar-refractivity contribution is 5.10. The molecule has 1 aliphatic rings. The Kier molecular flexibility index (Phi) is 4.27. The van der Waals surface area contributed by atoms with Gasteiger partial charge in [-0.2, -0.15) is 0 Å². The highest BCUT2D eigenvalue weighted by Crippen LogP contribution is 2.06. The molecular weight excluding hydrogens is 160 g/mol. The lowest BCUT2D eigenvalue weighted by Crippen LogP contribution is -2.53. The van der Waals surface area contributed by atoms with E-state index in [4.69, 9.17) is 0 Å². The van der Waals surface area contributed by atoms with Crippen LogP contribution in [0.15, 0.2) is 0 Å². The highest BCUT2D eigenvalue weighted by Gasteiger charge is 2.21. The smallest absolute Gasteiger partial charge is 0.0843 e. The van der Waals surface area contributed by atoms with E-state index in [1.54, 1.807) is 0 Å². The fourth-order valence-electron chi connectivity index (χ4n) is 1.69. The Balaban J connectivity index is 2.56. The van der Waals surface area contributed by atoms with Crippen LogP contribution in [0.3, 0.4) is 0 Å². The van der Waals surface area contributed by atoms with E-state index >= 15 is 0 Å². The molecule has 2 heteroatoms. The molecule has 0 spiro atoms. The Morgan fingerprint density at radius 3 is 2.92 bits per heavy atom. The van der Waals surface area contributed by atoms with Gasteiger partial charge >= 0.3 is 0 Å². The van der Waals surface area contributed by atoms with E-state index in [9.17, 15) is 0 Å². The van der Waals surface area contributed by atoms with Crippen LogP contribution in [-0.2, 0) is 0 Å². The first kappa shape index (κ1) is 10.6. The van der Waals surface area contributed by atoms with Gasteiger partial charge in [0.05, 0.1) is 6.04 Å². The minimum Gasteiger partial charge on any atom is -0.313 e. The molecule has 1 aliphatic heterocycles. The van der Waals surface area contributed by atoms with E-state index in [0.29, 0.717) is 12.1 Å². The molecule has 1 rings (SSSR count). The van der Waals surface area contributed by atoms with Crippen molar-refractivity contribution in [3.05, 3.63) is 0 Å². The van der Waals surface area contributed by atoms with Crippen LogP contribution in [0.2, 0.25) is 0 Å². The SMILES string of the molecule is CCC#CC1CNCCN1C(C)C. The molecule has 1 unspecified atom stereocenters. The molecule has 0 aromatic rings. The molecular formula is C11H20N2. The van der Waals surface area contributed by atoms with Gasteiger partial charge < -0.3 is 5.32 Å². The molecule has 1 heterocycles. The first-order chi connectivity index (χ1) is 6.25. The third-order valence-electron chi connectivity index (χ3n) is 2.39. The van der Waals surface area contributed by atoms with Gasteiger partial charge in [-0.05, 0) is 13.8 Å². The molecule has 0 saturated carbocycles. The summed E-state index contributed by atoms with van der Waals surface area (Å²) in [5.74, 6) is 6.49. The maximum Gasteiger partial charge on any atom is 0.0843 e. The summed E-state index contributed by atoms with van der Waals surface area (Å²) in [6.07, 6.45) is 0.961. The molecule has 1 N–H and O–H groups in total. The Morgan fingerprint density at radius 1 is 1.54 bits per heavy atom. The van der Waals surface area contributed by atoms with Crippen LogP contribution >= 0.6 is 0 Å². The Hall–Kier alpha value is -0.520. The Bertz CT molecular complexity index is 200. The fourth-order valence-corrected chi connectivity index (χ4v) is 1.69. The largest absolute Gasteiger partial charge is 0.313 e.